The van der Waals surface area contributed by atoms with Gasteiger partial charge < -0.3 is 20.3 Å². The lowest BCUT2D eigenvalue weighted by molar-refractivity contribution is -0.143. The maximum Gasteiger partial charge on any atom is 0.305 e. The summed E-state index contributed by atoms with van der Waals surface area (Å²) in [5.74, 6) is -0.0234. The van der Waals surface area contributed by atoms with E-state index in [-0.39, 0.29) is 18.5 Å². The highest BCUT2D eigenvalue weighted by molar-refractivity contribution is 5.76. The molecule has 2 atom stereocenters. The second kappa shape index (κ2) is 60.2. The van der Waals surface area contributed by atoms with Gasteiger partial charge in [0.1, 0.15) is 0 Å². The number of carbonyl (C=O) groups excluding carboxylic acids is 2. The molecule has 0 aromatic rings. The van der Waals surface area contributed by atoms with Crippen molar-refractivity contribution in [2.24, 2.45) is 0 Å². The van der Waals surface area contributed by atoms with Crippen LogP contribution in [-0.2, 0) is 14.3 Å². The first-order valence-electron chi connectivity index (χ1n) is 31.9. The highest BCUT2D eigenvalue weighted by atomic mass is 16.5. The van der Waals surface area contributed by atoms with Gasteiger partial charge in [0.05, 0.1) is 25.4 Å². The largest absolute Gasteiger partial charge is 0.466 e. The Bertz CT molecular complexity index is 1050. The quantitative estimate of drug-likeness (QED) is 0.0321. The lowest BCUT2D eigenvalue weighted by Gasteiger charge is -2.22. The molecule has 0 aliphatic rings. The van der Waals surface area contributed by atoms with E-state index in [2.05, 4.69) is 31.3 Å². The first kappa shape index (κ1) is 68.6. The predicted molar refractivity (Wildman–Crippen MR) is 306 cm³/mol. The number of nitrogens with one attached hydrogen (secondary N) is 1. The molecule has 0 aliphatic heterocycles. The van der Waals surface area contributed by atoms with Gasteiger partial charge in [0.25, 0.3) is 0 Å². The van der Waals surface area contributed by atoms with Crippen LogP contribution in [-0.4, -0.2) is 47.4 Å². The van der Waals surface area contributed by atoms with Crippen LogP contribution in [0.25, 0.3) is 0 Å². The lowest BCUT2D eigenvalue weighted by atomic mass is 10.0. The van der Waals surface area contributed by atoms with Crippen LogP contribution in [0, 0.1) is 0 Å². The standard InChI is InChI=1S/C64H125NO5/c1-3-5-7-9-11-13-15-17-18-26-30-34-38-42-46-50-54-58-64(69)70-59-55-51-47-43-39-35-31-28-25-23-21-19-20-22-24-27-29-33-37-41-45-49-53-57-63(68)65-61(60-66)62(67)56-52-48-44-40-36-32-16-14-12-10-8-6-4-2/h22,24,61-62,66-67H,3-21,23,25-60H2,1-2H3,(H,65,68)/b24-22-. The first-order valence-corrected chi connectivity index (χ1v) is 31.9. The number of aliphatic hydroxyl groups is 2. The fourth-order valence-corrected chi connectivity index (χ4v) is 10.2. The van der Waals surface area contributed by atoms with Gasteiger partial charge in [-0.1, -0.05) is 309 Å². The van der Waals surface area contributed by atoms with Crippen molar-refractivity contribution in [2.75, 3.05) is 13.2 Å². The van der Waals surface area contributed by atoms with Crippen molar-refractivity contribution >= 4 is 11.9 Å². The summed E-state index contributed by atoms with van der Waals surface area (Å²) >= 11 is 0. The van der Waals surface area contributed by atoms with Crippen LogP contribution in [0.2, 0.25) is 0 Å². The maximum atomic E-state index is 12.5. The number of esters is 1. The number of hydrogen-bond acceptors (Lipinski definition) is 5. The van der Waals surface area contributed by atoms with E-state index in [1.165, 1.54) is 289 Å². The molecule has 0 saturated heterocycles. The third-order valence-corrected chi connectivity index (χ3v) is 15.1. The summed E-state index contributed by atoms with van der Waals surface area (Å²) in [6.07, 6.45) is 72.3. The molecule has 0 radical (unpaired) electrons. The molecule has 0 heterocycles. The summed E-state index contributed by atoms with van der Waals surface area (Å²) in [5, 5.41) is 23.2. The highest BCUT2D eigenvalue weighted by Gasteiger charge is 2.20. The van der Waals surface area contributed by atoms with Crippen LogP contribution >= 0.6 is 0 Å². The van der Waals surface area contributed by atoms with Crippen LogP contribution in [0.3, 0.4) is 0 Å². The zero-order valence-electron chi connectivity index (χ0n) is 47.5. The Morgan fingerprint density at radius 1 is 0.386 bits per heavy atom. The summed E-state index contributed by atoms with van der Waals surface area (Å²) in [7, 11) is 0. The molecule has 0 fully saturated rings. The Morgan fingerprint density at radius 2 is 0.671 bits per heavy atom. The Labute approximate surface area is 438 Å². The van der Waals surface area contributed by atoms with Gasteiger partial charge in [-0.05, 0) is 51.4 Å². The zero-order valence-corrected chi connectivity index (χ0v) is 47.5. The van der Waals surface area contributed by atoms with Crippen molar-refractivity contribution in [1.29, 1.82) is 0 Å². The third-order valence-electron chi connectivity index (χ3n) is 15.1. The normalized spacial score (nSPS) is 12.6. The van der Waals surface area contributed by atoms with Crippen LogP contribution in [0.4, 0.5) is 0 Å². The van der Waals surface area contributed by atoms with Crippen molar-refractivity contribution in [1.82, 2.24) is 5.32 Å². The maximum absolute atomic E-state index is 12.5. The topological polar surface area (TPSA) is 95.9 Å². The molecule has 0 aliphatic carbocycles. The predicted octanol–water partition coefficient (Wildman–Crippen LogP) is 20.0. The minimum absolute atomic E-state index is 0.0162. The van der Waals surface area contributed by atoms with E-state index in [1.807, 2.05) is 0 Å². The van der Waals surface area contributed by atoms with Gasteiger partial charge >= 0.3 is 5.97 Å². The SMILES string of the molecule is CCCCCCCCCCCCCCCCCCCC(=O)OCCCCCCCCCCCCCC/C=C\CCCCCCCCCC(=O)NC(CO)C(O)CCCCCCCCCCCCCCC. The van der Waals surface area contributed by atoms with Crippen LogP contribution in [0.1, 0.15) is 361 Å². The number of allylic oxidation sites excluding steroid dienone is 2. The molecule has 2 unspecified atom stereocenters. The number of rotatable bonds is 60. The molecule has 0 aromatic heterocycles. The van der Waals surface area contributed by atoms with E-state index in [0.29, 0.717) is 25.9 Å². The number of carbonyl (C=O) groups is 2. The minimum Gasteiger partial charge on any atom is -0.466 e. The van der Waals surface area contributed by atoms with Crippen molar-refractivity contribution < 1.29 is 24.5 Å². The summed E-state index contributed by atoms with van der Waals surface area (Å²) in [5.41, 5.74) is 0. The van der Waals surface area contributed by atoms with Gasteiger partial charge in [0.2, 0.25) is 5.91 Å². The Morgan fingerprint density at radius 3 is 1.01 bits per heavy atom. The molecule has 3 N–H and O–H groups in total. The fourth-order valence-electron chi connectivity index (χ4n) is 10.2. The number of hydrogen-bond donors (Lipinski definition) is 3. The Balaban J connectivity index is 3.37. The van der Waals surface area contributed by atoms with E-state index in [4.69, 9.17) is 4.74 Å². The molecule has 0 rings (SSSR count). The number of ether oxygens (including phenoxy) is 1. The van der Waals surface area contributed by atoms with E-state index in [0.717, 1.165) is 38.5 Å². The van der Waals surface area contributed by atoms with Gasteiger partial charge in [-0.15, -0.1) is 0 Å². The number of aliphatic hydroxyl groups excluding tert-OH is 2. The summed E-state index contributed by atoms with van der Waals surface area (Å²) in [6, 6.07) is -0.544. The molecule has 0 spiro atoms. The monoisotopic (exact) mass is 988 g/mol. The highest BCUT2D eigenvalue weighted by Crippen LogP contribution is 2.18. The van der Waals surface area contributed by atoms with E-state index in [1.54, 1.807) is 0 Å². The third kappa shape index (κ3) is 55.9. The van der Waals surface area contributed by atoms with E-state index >= 15 is 0 Å². The smallest absolute Gasteiger partial charge is 0.305 e. The average Bonchev–Trinajstić information content (AvgIpc) is 3.36. The van der Waals surface area contributed by atoms with Gasteiger partial charge in [0, 0.05) is 12.8 Å². The van der Waals surface area contributed by atoms with Crippen LogP contribution in [0.5, 0.6) is 0 Å². The number of amides is 1. The van der Waals surface area contributed by atoms with Crippen LogP contribution in [0.15, 0.2) is 12.2 Å². The second-order valence-electron chi connectivity index (χ2n) is 22.1. The van der Waals surface area contributed by atoms with Crippen molar-refractivity contribution in [2.45, 2.75) is 373 Å². The molecule has 0 aromatic carbocycles. The zero-order chi connectivity index (χ0) is 50.7. The van der Waals surface area contributed by atoms with E-state index in [9.17, 15) is 19.8 Å². The Hall–Kier alpha value is -1.40. The molecule has 416 valence electrons. The van der Waals surface area contributed by atoms with Gasteiger partial charge in [-0.2, -0.15) is 0 Å². The molecule has 0 saturated carbocycles. The van der Waals surface area contributed by atoms with Crippen LogP contribution < -0.4 is 5.32 Å². The van der Waals surface area contributed by atoms with Crippen molar-refractivity contribution in [3.63, 3.8) is 0 Å². The summed E-state index contributed by atoms with van der Waals surface area (Å²) in [4.78, 5) is 24.6. The average molecular weight is 989 g/mol. The molecule has 70 heavy (non-hydrogen) atoms. The molecule has 6 heteroatoms. The molecular formula is C64H125NO5. The van der Waals surface area contributed by atoms with E-state index < -0.39 is 12.1 Å². The van der Waals surface area contributed by atoms with Crippen molar-refractivity contribution in [3.05, 3.63) is 12.2 Å². The minimum atomic E-state index is -0.666. The van der Waals surface area contributed by atoms with Crippen molar-refractivity contribution in [3.8, 4) is 0 Å². The molecule has 6 nitrogen and oxygen atoms in total. The number of unbranched alkanes of at least 4 members (excludes halogenated alkanes) is 47. The summed E-state index contributed by atoms with van der Waals surface area (Å²) < 4.78 is 5.50. The van der Waals surface area contributed by atoms with Gasteiger partial charge in [-0.25, -0.2) is 0 Å². The second-order valence-corrected chi connectivity index (χ2v) is 22.1. The van der Waals surface area contributed by atoms with Gasteiger partial charge in [-0.3, -0.25) is 9.59 Å². The molecule has 0 bridgehead atoms. The van der Waals surface area contributed by atoms with Gasteiger partial charge in [0.15, 0.2) is 0 Å². The fraction of sp³-hybridized carbons (Fsp3) is 0.938. The first-order chi connectivity index (χ1) is 34.5. The lowest BCUT2D eigenvalue weighted by Crippen LogP contribution is -2.45. The summed E-state index contributed by atoms with van der Waals surface area (Å²) in [6.45, 7) is 4.98. The molecular weight excluding hydrogens is 863 g/mol. The molecule has 1 amide bonds. The Kier molecular flexibility index (Phi) is 59.0.